The van der Waals surface area contributed by atoms with E-state index in [-0.39, 0.29) is 5.91 Å². The Bertz CT molecular complexity index is 990. The first-order valence-corrected chi connectivity index (χ1v) is 11.5. The van der Waals surface area contributed by atoms with E-state index in [1.807, 2.05) is 59.8 Å². The van der Waals surface area contributed by atoms with E-state index in [1.54, 1.807) is 6.26 Å². The molecule has 7 heteroatoms. The molecule has 1 aromatic carbocycles. The maximum Gasteiger partial charge on any atom is 0.233 e. The van der Waals surface area contributed by atoms with Gasteiger partial charge in [0, 0.05) is 18.8 Å². The summed E-state index contributed by atoms with van der Waals surface area (Å²) in [6, 6.07) is 12.2. The number of thioether (sulfide) groups is 1. The third-order valence-corrected chi connectivity index (χ3v) is 6.91. The second-order valence-corrected chi connectivity index (χ2v) is 9.02. The number of aromatic nitrogens is 3. The number of carbonyl (C=O) groups is 1. The van der Waals surface area contributed by atoms with Gasteiger partial charge in [0.1, 0.15) is 5.76 Å². The van der Waals surface area contributed by atoms with Crippen LogP contribution in [0.25, 0.3) is 17.1 Å². The summed E-state index contributed by atoms with van der Waals surface area (Å²) in [6.07, 6.45) is 6.25. The highest BCUT2D eigenvalue weighted by Crippen LogP contribution is 2.31. The Morgan fingerprint density at radius 2 is 1.90 bits per heavy atom. The van der Waals surface area contributed by atoms with Crippen LogP contribution in [0.1, 0.15) is 38.4 Å². The van der Waals surface area contributed by atoms with Crippen molar-refractivity contribution in [3.8, 4) is 17.1 Å². The molecule has 4 rings (SSSR count). The Kier molecular flexibility index (Phi) is 6.27. The van der Waals surface area contributed by atoms with Gasteiger partial charge in [-0.2, -0.15) is 0 Å². The van der Waals surface area contributed by atoms with Crippen LogP contribution in [0, 0.1) is 12.8 Å². The van der Waals surface area contributed by atoms with Gasteiger partial charge < -0.3 is 9.32 Å². The first kappa shape index (κ1) is 20.7. The fraction of sp³-hybridized carbons (Fsp3) is 0.435. The standard InChI is InChI=1S/C23H28N4O2S/c1-16-9-11-18(12-10-16)26(3)21(28)15-30-23-25-24-22(20-13-14-29-17(20)2)27(23)19-7-5-4-6-8-19/h4-8,13-14,16,18H,9-12,15H2,1-3H3. The number of hydrogen-bond donors (Lipinski definition) is 0. The zero-order valence-corrected chi connectivity index (χ0v) is 18.6. The molecule has 1 fully saturated rings. The Balaban J connectivity index is 1.54. The van der Waals surface area contributed by atoms with Gasteiger partial charge in [-0.15, -0.1) is 10.2 Å². The molecule has 1 amide bonds. The molecule has 1 saturated carbocycles. The summed E-state index contributed by atoms with van der Waals surface area (Å²) in [5, 5.41) is 9.54. The molecule has 6 nitrogen and oxygen atoms in total. The van der Waals surface area contributed by atoms with Crippen molar-refractivity contribution in [2.24, 2.45) is 5.92 Å². The Morgan fingerprint density at radius 1 is 1.17 bits per heavy atom. The van der Waals surface area contributed by atoms with E-state index in [0.29, 0.717) is 17.0 Å². The SMILES string of the molecule is Cc1occc1-c1nnc(SCC(=O)N(C)C2CCC(C)CC2)n1-c1ccccc1. The van der Waals surface area contributed by atoms with E-state index in [1.165, 1.54) is 24.6 Å². The lowest BCUT2D eigenvalue weighted by Gasteiger charge is -2.33. The Hall–Kier alpha value is -2.54. The summed E-state index contributed by atoms with van der Waals surface area (Å²) < 4.78 is 7.47. The van der Waals surface area contributed by atoms with Gasteiger partial charge in [0.25, 0.3) is 0 Å². The van der Waals surface area contributed by atoms with E-state index in [4.69, 9.17) is 4.42 Å². The zero-order valence-electron chi connectivity index (χ0n) is 17.7. The van der Waals surface area contributed by atoms with Gasteiger partial charge in [-0.1, -0.05) is 36.9 Å². The van der Waals surface area contributed by atoms with Crippen LogP contribution in [-0.4, -0.2) is 44.4 Å². The quantitative estimate of drug-likeness (QED) is 0.523. The summed E-state index contributed by atoms with van der Waals surface area (Å²) in [4.78, 5) is 14.8. The summed E-state index contributed by atoms with van der Waals surface area (Å²) >= 11 is 1.43. The molecule has 30 heavy (non-hydrogen) atoms. The predicted octanol–water partition coefficient (Wildman–Crippen LogP) is 4.96. The number of rotatable bonds is 6. The first-order valence-electron chi connectivity index (χ1n) is 10.5. The van der Waals surface area contributed by atoms with Gasteiger partial charge in [0.15, 0.2) is 11.0 Å². The predicted molar refractivity (Wildman–Crippen MR) is 119 cm³/mol. The van der Waals surface area contributed by atoms with E-state index in [2.05, 4.69) is 17.1 Å². The average molecular weight is 425 g/mol. The van der Waals surface area contributed by atoms with E-state index in [0.717, 1.165) is 41.6 Å². The van der Waals surface area contributed by atoms with Crippen LogP contribution in [0.15, 0.2) is 52.2 Å². The third kappa shape index (κ3) is 4.31. The molecule has 3 aromatic rings. The van der Waals surface area contributed by atoms with Crippen LogP contribution in [-0.2, 0) is 4.79 Å². The highest BCUT2D eigenvalue weighted by Gasteiger charge is 2.26. The lowest BCUT2D eigenvalue weighted by Crippen LogP contribution is -2.40. The van der Waals surface area contributed by atoms with Gasteiger partial charge in [-0.25, -0.2) is 0 Å². The number of furan rings is 1. The second-order valence-electron chi connectivity index (χ2n) is 8.07. The molecule has 1 aliphatic carbocycles. The number of aryl methyl sites for hydroxylation is 1. The summed E-state index contributed by atoms with van der Waals surface area (Å²) in [6.45, 7) is 4.21. The van der Waals surface area contributed by atoms with E-state index >= 15 is 0 Å². The molecular formula is C23H28N4O2S. The van der Waals surface area contributed by atoms with Gasteiger partial charge in [0.05, 0.1) is 17.6 Å². The minimum Gasteiger partial charge on any atom is -0.469 e. The third-order valence-electron chi connectivity index (χ3n) is 6.00. The van der Waals surface area contributed by atoms with Gasteiger partial charge >= 0.3 is 0 Å². The number of carbonyl (C=O) groups excluding carboxylic acids is 1. The first-order chi connectivity index (χ1) is 14.5. The molecule has 0 N–H and O–H groups in total. The minimum atomic E-state index is 0.142. The van der Waals surface area contributed by atoms with Crippen LogP contribution in [0.4, 0.5) is 0 Å². The van der Waals surface area contributed by atoms with Crippen molar-refractivity contribution < 1.29 is 9.21 Å². The molecule has 0 radical (unpaired) electrons. The Morgan fingerprint density at radius 3 is 2.57 bits per heavy atom. The number of hydrogen-bond acceptors (Lipinski definition) is 5. The van der Waals surface area contributed by atoms with Gasteiger partial charge in [0.2, 0.25) is 5.91 Å². The number of benzene rings is 1. The number of para-hydroxylation sites is 1. The van der Waals surface area contributed by atoms with Crippen LogP contribution < -0.4 is 0 Å². The zero-order chi connectivity index (χ0) is 21.1. The molecule has 0 spiro atoms. The van der Waals surface area contributed by atoms with Crippen molar-refractivity contribution in [3.63, 3.8) is 0 Å². The van der Waals surface area contributed by atoms with Crippen molar-refractivity contribution in [1.29, 1.82) is 0 Å². The van der Waals surface area contributed by atoms with E-state index in [9.17, 15) is 4.79 Å². The summed E-state index contributed by atoms with van der Waals surface area (Å²) in [5.74, 6) is 2.77. The van der Waals surface area contributed by atoms with Crippen molar-refractivity contribution in [2.75, 3.05) is 12.8 Å². The molecule has 2 aromatic heterocycles. The average Bonchev–Trinajstić information content (AvgIpc) is 3.38. The van der Waals surface area contributed by atoms with Gasteiger partial charge in [-0.05, 0) is 56.7 Å². The van der Waals surface area contributed by atoms with Crippen molar-refractivity contribution in [1.82, 2.24) is 19.7 Å². The lowest BCUT2D eigenvalue weighted by atomic mass is 9.87. The normalized spacial score (nSPS) is 19.0. The molecule has 158 valence electrons. The smallest absolute Gasteiger partial charge is 0.233 e. The maximum absolute atomic E-state index is 12.9. The minimum absolute atomic E-state index is 0.142. The van der Waals surface area contributed by atoms with E-state index < -0.39 is 0 Å². The molecule has 0 bridgehead atoms. The maximum atomic E-state index is 12.9. The molecule has 2 heterocycles. The van der Waals surface area contributed by atoms with Crippen LogP contribution in [0.3, 0.4) is 0 Å². The Labute approximate surface area is 181 Å². The van der Waals surface area contributed by atoms with Crippen LogP contribution in [0.5, 0.6) is 0 Å². The van der Waals surface area contributed by atoms with Crippen molar-refractivity contribution >= 4 is 17.7 Å². The van der Waals surface area contributed by atoms with Gasteiger partial charge in [-0.3, -0.25) is 9.36 Å². The molecule has 0 unspecified atom stereocenters. The summed E-state index contributed by atoms with van der Waals surface area (Å²) in [7, 11) is 1.94. The van der Waals surface area contributed by atoms with Crippen molar-refractivity contribution in [2.45, 2.75) is 50.7 Å². The number of amides is 1. The molecule has 0 aliphatic heterocycles. The molecule has 0 atom stereocenters. The second kappa shape index (κ2) is 9.08. The molecule has 0 saturated heterocycles. The largest absolute Gasteiger partial charge is 0.469 e. The fourth-order valence-electron chi connectivity index (χ4n) is 4.03. The molecule has 1 aliphatic rings. The highest BCUT2D eigenvalue weighted by molar-refractivity contribution is 7.99. The lowest BCUT2D eigenvalue weighted by molar-refractivity contribution is -0.129. The monoisotopic (exact) mass is 424 g/mol. The fourth-order valence-corrected chi connectivity index (χ4v) is 4.90. The van der Waals surface area contributed by atoms with Crippen LogP contribution >= 0.6 is 11.8 Å². The van der Waals surface area contributed by atoms with Crippen molar-refractivity contribution in [3.05, 3.63) is 48.4 Å². The topological polar surface area (TPSA) is 64.2 Å². The number of nitrogens with zero attached hydrogens (tertiary/aromatic N) is 4. The van der Waals surface area contributed by atoms with Crippen LogP contribution in [0.2, 0.25) is 0 Å². The molecular weight excluding hydrogens is 396 g/mol. The highest BCUT2D eigenvalue weighted by atomic mass is 32.2. The summed E-state index contributed by atoms with van der Waals surface area (Å²) in [5.41, 5.74) is 1.86.